The molecule has 0 amide bonds. The van der Waals surface area contributed by atoms with E-state index in [1.54, 1.807) is 0 Å². The summed E-state index contributed by atoms with van der Waals surface area (Å²) in [5.74, 6) is 0. The smallest absolute Gasteiger partial charge is 0.0247 e. The molecular weight excluding hydrogens is 208 g/mol. The Morgan fingerprint density at radius 2 is 1.76 bits per heavy atom. The number of rotatable bonds is 2. The van der Waals surface area contributed by atoms with E-state index in [0.717, 1.165) is 0 Å². The van der Waals surface area contributed by atoms with E-state index >= 15 is 0 Å². The zero-order valence-electron chi connectivity index (χ0n) is 11.8. The first-order valence-electron chi connectivity index (χ1n) is 7.64. The third-order valence-corrected chi connectivity index (χ3v) is 5.36. The van der Waals surface area contributed by atoms with Crippen molar-refractivity contribution in [2.45, 2.75) is 77.3 Å². The molecule has 2 nitrogen and oxygen atoms in total. The molecule has 2 heteroatoms. The van der Waals surface area contributed by atoms with E-state index in [0.29, 0.717) is 17.5 Å². The molecule has 1 heterocycles. The minimum absolute atomic E-state index is 0.434. The van der Waals surface area contributed by atoms with Gasteiger partial charge in [0.2, 0.25) is 0 Å². The van der Waals surface area contributed by atoms with Crippen LogP contribution in [0.5, 0.6) is 0 Å². The van der Waals surface area contributed by atoms with Crippen LogP contribution in [0, 0.1) is 5.41 Å². The van der Waals surface area contributed by atoms with Crippen LogP contribution in [0.1, 0.15) is 65.2 Å². The van der Waals surface area contributed by atoms with Gasteiger partial charge in [0.1, 0.15) is 0 Å². The van der Waals surface area contributed by atoms with Crippen LogP contribution in [0.4, 0.5) is 0 Å². The number of piperidine rings is 1. The zero-order chi connectivity index (χ0) is 12.3. The van der Waals surface area contributed by atoms with Gasteiger partial charge in [-0.2, -0.15) is 0 Å². The molecule has 1 aliphatic heterocycles. The highest BCUT2D eigenvalue weighted by atomic mass is 15.2. The molecule has 2 atom stereocenters. The van der Waals surface area contributed by atoms with Crippen molar-refractivity contribution in [1.29, 1.82) is 0 Å². The molecule has 17 heavy (non-hydrogen) atoms. The second kappa shape index (κ2) is 5.71. The fourth-order valence-corrected chi connectivity index (χ4v) is 3.52. The summed E-state index contributed by atoms with van der Waals surface area (Å²) in [4.78, 5) is 2.70. The lowest BCUT2D eigenvalue weighted by Gasteiger charge is -2.43. The first-order chi connectivity index (χ1) is 8.14. The topological polar surface area (TPSA) is 29.3 Å². The molecule has 0 bridgehead atoms. The molecule has 0 aromatic rings. The zero-order valence-corrected chi connectivity index (χ0v) is 11.8. The predicted molar refractivity (Wildman–Crippen MR) is 74.1 cm³/mol. The molecular formula is C15H30N2. The van der Waals surface area contributed by atoms with Gasteiger partial charge in [0.05, 0.1) is 0 Å². The van der Waals surface area contributed by atoms with Crippen molar-refractivity contribution in [3.63, 3.8) is 0 Å². The molecule has 2 aliphatic rings. The monoisotopic (exact) mass is 238 g/mol. The largest absolute Gasteiger partial charge is 0.326 e. The van der Waals surface area contributed by atoms with Gasteiger partial charge in [0.25, 0.3) is 0 Å². The molecule has 2 N–H and O–H groups in total. The van der Waals surface area contributed by atoms with Gasteiger partial charge in [-0.1, -0.05) is 39.5 Å². The van der Waals surface area contributed by atoms with Crippen LogP contribution in [0.3, 0.4) is 0 Å². The van der Waals surface area contributed by atoms with E-state index in [1.807, 2.05) is 0 Å². The van der Waals surface area contributed by atoms with Crippen molar-refractivity contribution in [3.8, 4) is 0 Å². The Labute approximate surface area is 107 Å². The van der Waals surface area contributed by atoms with E-state index in [2.05, 4.69) is 18.7 Å². The maximum Gasteiger partial charge on any atom is 0.0247 e. The number of hydrogen-bond acceptors (Lipinski definition) is 2. The van der Waals surface area contributed by atoms with Gasteiger partial charge < -0.3 is 5.73 Å². The Morgan fingerprint density at radius 1 is 1.12 bits per heavy atom. The van der Waals surface area contributed by atoms with Crippen LogP contribution >= 0.6 is 0 Å². The Morgan fingerprint density at radius 3 is 2.41 bits per heavy atom. The lowest BCUT2D eigenvalue weighted by molar-refractivity contribution is 0.0675. The number of likely N-dealkylation sites (tertiary alicyclic amines) is 1. The minimum Gasteiger partial charge on any atom is -0.326 e. The van der Waals surface area contributed by atoms with E-state index in [1.165, 1.54) is 64.5 Å². The Hall–Kier alpha value is -0.0800. The SMILES string of the molecule is CCC1(C)CCN(C2CCCCCC2N)CC1. The van der Waals surface area contributed by atoms with Crippen LogP contribution in [-0.2, 0) is 0 Å². The van der Waals surface area contributed by atoms with Gasteiger partial charge in [0, 0.05) is 12.1 Å². The van der Waals surface area contributed by atoms with Crippen LogP contribution < -0.4 is 5.73 Å². The Kier molecular flexibility index (Phi) is 4.48. The fourth-order valence-electron chi connectivity index (χ4n) is 3.52. The summed E-state index contributed by atoms with van der Waals surface area (Å²) in [6.07, 6.45) is 10.8. The number of nitrogens with zero attached hydrogens (tertiary/aromatic N) is 1. The van der Waals surface area contributed by atoms with Crippen molar-refractivity contribution in [1.82, 2.24) is 4.90 Å². The van der Waals surface area contributed by atoms with Crippen LogP contribution in [0.15, 0.2) is 0 Å². The van der Waals surface area contributed by atoms with Crippen molar-refractivity contribution >= 4 is 0 Å². The lowest BCUT2D eigenvalue weighted by Crippen LogP contribution is -2.51. The molecule has 2 rings (SSSR count). The fraction of sp³-hybridized carbons (Fsp3) is 1.00. The standard InChI is InChI=1S/C15H30N2/c1-3-15(2)9-11-17(12-10-15)14-8-6-4-5-7-13(14)16/h13-14H,3-12,16H2,1-2H3. The molecule has 1 saturated heterocycles. The summed E-state index contributed by atoms with van der Waals surface area (Å²) in [5.41, 5.74) is 6.97. The molecule has 2 unspecified atom stereocenters. The second-order valence-corrected chi connectivity index (χ2v) is 6.57. The first kappa shape index (κ1) is 13.4. The van der Waals surface area contributed by atoms with E-state index < -0.39 is 0 Å². The summed E-state index contributed by atoms with van der Waals surface area (Å²) in [7, 11) is 0. The molecule has 1 saturated carbocycles. The molecule has 1 aliphatic carbocycles. The van der Waals surface area contributed by atoms with Crippen LogP contribution in [-0.4, -0.2) is 30.1 Å². The Bertz CT molecular complexity index is 231. The van der Waals surface area contributed by atoms with Gasteiger partial charge in [-0.15, -0.1) is 0 Å². The molecule has 0 radical (unpaired) electrons. The second-order valence-electron chi connectivity index (χ2n) is 6.57. The van der Waals surface area contributed by atoms with Gasteiger partial charge in [-0.3, -0.25) is 4.90 Å². The predicted octanol–water partition coefficient (Wildman–Crippen LogP) is 3.16. The molecule has 0 aromatic heterocycles. The van der Waals surface area contributed by atoms with Gasteiger partial charge in [0.15, 0.2) is 0 Å². The molecule has 0 aromatic carbocycles. The third-order valence-electron chi connectivity index (χ3n) is 5.36. The average Bonchev–Trinajstić information content (AvgIpc) is 2.55. The summed E-state index contributed by atoms with van der Waals surface area (Å²) < 4.78 is 0. The maximum atomic E-state index is 6.37. The number of hydrogen-bond donors (Lipinski definition) is 1. The van der Waals surface area contributed by atoms with Crippen molar-refractivity contribution in [2.24, 2.45) is 11.1 Å². The number of nitrogens with two attached hydrogens (primary N) is 1. The van der Waals surface area contributed by atoms with Gasteiger partial charge >= 0.3 is 0 Å². The third kappa shape index (κ3) is 3.23. The van der Waals surface area contributed by atoms with Gasteiger partial charge in [-0.05, 0) is 44.2 Å². The highest BCUT2D eigenvalue weighted by Crippen LogP contribution is 2.35. The van der Waals surface area contributed by atoms with E-state index in [9.17, 15) is 0 Å². The van der Waals surface area contributed by atoms with Crippen LogP contribution in [0.25, 0.3) is 0 Å². The van der Waals surface area contributed by atoms with Crippen molar-refractivity contribution in [3.05, 3.63) is 0 Å². The lowest BCUT2D eigenvalue weighted by atomic mass is 9.77. The minimum atomic E-state index is 0.434. The molecule has 0 spiro atoms. The summed E-state index contributed by atoms with van der Waals surface area (Å²) in [6.45, 7) is 7.36. The summed E-state index contributed by atoms with van der Waals surface area (Å²) in [5, 5.41) is 0. The van der Waals surface area contributed by atoms with E-state index in [4.69, 9.17) is 5.73 Å². The highest BCUT2D eigenvalue weighted by Gasteiger charge is 2.33. The van der Waals surface area contributed by atoms with Crippen molar-refractivity contribution < 1.29 is 0 Å². The molecule has 2 fully saturated rings. The van der Waals surface area contributed by atoms with E-state index in [-0.39, 0.29) is 0 Å². The quantitative estimate of drug-likeness (QED) is 0.749. The molecule has 100 valence electrons. The average molecular weight is 238 g/mol. The summed E-state index contributed by atoms with van der Waals surface area (Å²) >= 11 is 0. The van der Waals surface area contributed by atoms with Crippen LogP contribution in [0.2, 0.25) is 0 Å². The Balaban J connectivity index is 1.90. The summed E-state index contributed by atoms with van der Waals surface area (Å²) in [6, 6.07) is 1.11. The normalized spacial score (nSPS) is 35.5. The van der Waals surface area contributed by atoms with Gasteiger partial charge in [-0.25, -0.2) is 0 Å². The maximum absolute atomic E-state index is 6.37. The highest BCUT2D eigenvalue weighted by molar-refractivity contribution is 4.89. The van der Waals surface area contributed by atoms with Crippen molar-refractivity contribution in [2.75, 3.05) is 13.1 Å². The first-order valence-corrected chi connectivity index (χ1v) is 7.64.